The predicted molar refractivity (Wildman–Crippen MR) is 60.6 cm³/mol. The Labute approximate surface area is 95.6 Å². The minimum Gasteiger partial charge on any atom is -0.394 e. The first kappa shape index (κ1) is 11.6. The van der Waals surface area contributed by atoms with Gasteiger partial charge in [-0.25, -0.2) is 8.42 Å². The van der Waals surface area contributed by atoms with Gasteiger partial charge in [0.15, 0.2) is 0 Å². The molecule has 1 aromatic rings. The third-order valence-electron chi connectivity index (χ3n) is 2.99. The number of aryl methyl sites for hydroxylation is 1. The SMILES string of the molecule is Cc1ccccc1S(=O)(=O)N1CC1(C)CO. The smallest absolute Gasteiger partial charge is 0.244 e. The summed E-state index contributed by atoms with van der Waals surface area (Å²) in [5.41, 5.74) is 0.121. The van der Waals surface area contributed by atoms with Gasteiger partial charge in [-0.1, -0.05) is 18.2 Å². The number of benzene rings is 1. The van der Waals surface area contributed by atoms with Gasteiger partial charge in [0, 0.05) is 6.54 Å². The number of aliphatic hydroxyl groups excluding tert-OH is 1. The van der Waals surface area contributed by atoms with Crippen LogP contribution in [0.2, 0.25) is 0 Å². The highest BCUT2D eigenvalue weighted by Gasteiger charge is 2.55. The van der Waals surface area contributed by atoms with Gasteiger partial charge >= 0.3 is 0 Å². The van der Waals surface area contributed by atoms with Gasteiger partial charge in [0.05, 0.1) is 17.0 Å². The predicted octanol–water partition coefficient (Wildman–Crippen LogP) is 0.750. The summed E-state index contributed by atoms with van der Waals surface area (Å²) in [4.78, 5) is 0.326. The lowest BCUT2D eigenvalue weighted by Crippen LogP contribution is -2.24. The van der Waals surface area contributed by atoms with Crippen LogP contribution in [-0.2, 0) is 10.0 Å². The van der Waals surface area contributed by atoms with Gasteiger partial charge in [-0.15, -0.1) is 0 Å². The minimum atomic E-state index is -3.44. The molecule has 0 aromatic heterocycles. The second-order valence-corrected chi connectivity index (χ2v) is 6.26. The normalized spacial score (nSPS) is 29.1. The summed E-state index contributed by atoms with van der Waals surface area (Å²) in [7, 11) is -3.44. The molecule has 2 rings (SSSR count). The maximum atomic E-state index is 12.2. The molecule has 0 saturated carbocycles. The van der Waals surface area contributed by atoms with E-state index in [0.717, 1.165) is 5.56 Å². The van der Waals surface area contributed by atoms with Crippen LogP contribution in [0.3, 0.4) is 0 Å². The lowest BCUT2D eigenvalue weighted by molar-refractivity contribution is 0.245. The van der Waals surface area contributed by atoms with Gasteiger partial charge < -0.3 is 5.11 Å². The molecular weight excluding hydrogens is 226 g/mol. The molecule has 5 heteroatoms. The first-order valence-electron chi connectivity index (χ1n) is 5.11. The van der Waals surface area contributed by atoms with Crippen molar-refractivity contribution in [3.8, 4) is 0 Å². The van der Waals surface area contributed by atoms with Crippen LogP contribution in [0.4, 0.5) is 0 Å². The number of hydrogen-bond acceptors (Lipinski definition) is 3. The van der Waals surface area contributed by atoms with E-state index in [-0.39, 0.29) is 6.61 Å². The Morgan fingerprint density at radius 1 is 1.44 bits per heavy atom. The molecule has 2 atom stereocenters. The number of sulfonamides is 1. The highest BCUT2D eigenvalue weighted by atomic mass is 32.2. The Kier molecular flexibility index (Phi) is 2.57. The van der Waals surface area contributed by atoms with Crippen LogP contribution in [0.15, 0.2) is 29.2 Å². The maximum Gasteiger partial charge on any atom is 0.244 e. The van der Waals surface area contributed by atoms with Gasteiger partial charge in [-0.2, -0.15) is 4.31 Å². The zero-order valence-electron chi connectivity index (χ0n) is 9.34. The molecule has 0 radical (unpaired) electrons. The van der Waals surface area contributed by atoms with Crippen molar-refractivity contribution in [1.29, 1.82) is 0 Å². The Balaban J connectivity index is 2.39. The summed E-state index contributed by atoms with van der Waals surface area (Å²) in [6, 6.07) is 6.88. The van der Waals surface area contributed by atoms with Crippen molar-refractivity contribution in [3.05, 3.63) is 29.8 Å². The van der Waals surface area contributed by atoms with E-state index >= 15 is 0 Å². The third kappa shape index (κ3) is 1.65. The summed E-state index contributed by atoms with van der Waals surface area (Å²) in [6.45, 7) is 3.76. The average Bonchev–Trinajstić information content (AvgIpc) is 2.93. The first-order chi connectivity index (χ1) is 7.42. The summed E-state index contributed by atoms with van der Waals surface area (Å²) in [6.07, 6.45) is 0. The van der Waals surface area contributed by atoms with Gasteiger partial charge in [-0.05, 0) is 25.5 Å². The quantitative estimate of drug-likeness (QED) is 0.794. The lowest BCUT2D eigenvalue weighted by Gasteiger charge is -2.11. The van der Waals surface area contributed by atoms with E-state index in [9.17, 15) is 8.42 Å². The van der Waals surface area contributed by atoms with Crippen molar-refractivity contribution in [3.63, 3.8) is 0 Å². The molecule has 1 fully saturated rings. The molecule has 1 aromatic carbocycles. The van der Waals surface area contributed by atoms with Crippen molar-refractivity contribution < 1.29 is 13.5 Å². The van der Waals surface area contributed by atoms with Gasteiger partial charge in [-0.3, -0.25) is 0 Å². The van der Waals surface area contributed by atoms with Crippen LogP contribution in [0.5, 0.6) is 0 Å². The second kappa shape index (κ2) is 3.55. The first-order valence-corrected chi connectivity index (χ1v) is 6.55. The van der Waals surface area contributed by atoms with Gasteiger partial charge in [0.25, 0.3) is 0 Å². The van der Waals surface area contributed by atoms with E-state index in [1.54, 1.807) is 32.0 Å². The number of nitrogens with zero attached hydrogens (tertiary/aromatic N) is 1. The summed E-state index contributed by atoms with van der Waals surface area (Å²) < 4.78 is 25.7. The van der Waals surface area contributed by atoms with E-state index in [4.69, 9.17) is 5.11 Å². The lowest BCUT2D eigenvalue weighted by atomic mass is 10.2. The average molecular weight is 241 g/mol. The molecule has 1 heterocycles. The van der Waals surface area contributed by atoms with E-state index in [0.29, 0.717) is 11.4 Å². The molecule has 2 unspecified atom stereocenters. The van der Waals surface area contributed by atoms with E-state index < -0.39 is 15.6 Å². The van der Waals surface area contributed by atoms with Crippen molar-refractivity contribution in [2.75, 3.05) is 13.2 Å². The zero-order chi connectivity index (χ0) is 12.0. The number of rotatable bonds is 3. The Bertz CT molecular complexity index is 512. The molecule has 4 nitrogen and oxygen atoms in total. The summed E-state index contributed by atoms with van der Waals surface area (Å²) in [5.74, 6) is 0. The number of hydrogen-bond donors (Lipinski definition) is 1. The molecule has 1 N–H and O–H groups in total. The van der Waals surface area contributed by atoms with Crippen molar-refractivity contribution in [2.45, 2.75) is 24.3 Å². The fourth-order valence-electron chi connectivity index (χ4n) is 1.74. The van der Waals surface area contributed by atoms with Gasteiger partial charge in [0.2, 0.25) is 10.0 Å². The minimum absolute atomic E-state index is 0.141. The molecular formula is C11H15NO3S. The zero-order valence-corrected chi connectivity index (χ0v) is 10.2. The fraction of sp³-hybridized carbons (Fsp3) is 0.455. The third-order valence-corrected chi connectivity index (χ3v) is 5.15. The molecule has 1 aliphatic heterocycles. The van der Waals surface area contributed by atoms with Crippen molar-refractivity contribution in [1.82, 2.24) is 4.31 Å². The van der Waals surface area contributed by atoms with Crippen LogP contribution in [0.1, 0.15) is 12.5 Å². The summed E-state index contributed by atoms with van der Waals surface area (Å²) in [5, 5.41) is 9.11. The molecule has 0 amide bonds. The highest BCUT2D eigenvalue weighted by Crippen LogP contribution is 2.38. The fourth-order valence-corrected chi connectivity index (χ4v) is 3.79. The van der Waals surface area contributed by atoms with Gasteiger partial charge in [0.1, 0.15) is 0 Å². The summed E-state index contributed by atoms with van der Waals surface area (Å²) >= 11 is 0. The van der Waals surface area contributed by atoms with Crippen LogP contribution < -0.4 is 0 Å². The van der Waals surface area contributed by atoms with Crippen LogP contribution in [0.25, 0.3) is 0 Å². The second-order valence-electron chi connectivity index (χ2n) is 4.43. The standard InChI is InChI=1S/C11H15NO3S/c1-9-5-3-4-6-10(9)16(14,15)12-7-11(12,2)8-13/h3-6,13H,7-8H2,1-2H3. The van der Waals surface area contributed by atoms with Crippen LogP contribution in [-0.4, -0.2) is 36.5 Å². The van der Waals surface area contributed by atoms with E-state index in [2.05, 4.69) is 0 Å². The molecule has 0 bridgehead atoms. The molecule has 16 heavy (non-hydrogen) atoms. The van der Waals surface area contributed by atoms with Crippen LogP contribution >= 0.6 is 0 Å². The highest BCUT2D eigenvalue weighted by molar-refractivity contribution is 7.89. The molecule has 1 aliphatic rings. The van der Waals surface area contributed by atoms with E-state index in [1.807, 2.05) is 6.07 Å². The maximum absolute atomic E-state index is 12.2. The molecule has 0 spiro atoms. The monoisotopic (exact) mass is 241 g/mol. The molecule has 0 aliphatic carbocycles. The van der Waals surface area contributed by atoms with Crippen molar-refractivity contribution in [2.24, 2.45) is 0 Å². The molecule has 1 saturated heterocycles. The largest absolute Gasteiger partial charge is 0.394 e. The topological polar surface area (TPSA) is 57.4 Å². The number of aliphatic hydroxyl groups is 1. The van der Waals surface area contributed by atoms with Crippen molar-refractivity contribution >= 4 is 10.0 Å². The Morgan fingerprint density at radius 3 is 2.56 bits per heavy atom. The Hall–Kier alpha value is -0.910. The van der Waals surface area contributed by atoms with E-state index in [1.165, 1.54) is 4.31 Å². The van der Waals surface area contributed by atoms with Crippen LogP contribution in [0, 0.1) is 6.92 Å². The molecule has 88 valence electrons. The Morgan fingerprint density at radius 2 is 2.06 bits per heavy atom.